The average molecular weight is 197 g/mol. The lowest BCUT2D eigenvalue weighted by molar-refractivity contribution is -0.119. The number of ether oxygens (including phenoxy) is 1. The lowest BCUT2D eigenvalue weighted by Gasteiger charge is -2.02. The minimum absolute atomic E-state index is 0.418. The predicted molar refractivity (Wildman–Crippen MR) is 45.5 cm³/mol. The van der Waals surface area contributed by atoms with Gasteiger partial charge in [0.15, 0.2) is 0 Å². The highest BCUT2D eigenvalue weighted by Crippen LogP contribution is 2.31. The maximum atomic E-state index is 11.1. The first-order chi connectivity index (χ1) is 6.20. The lowest BCUT2D eigenvalue weighted by atomic mass is 10.1. The quantitative estimate of drug-likeness (QED) is 0.507. The third kappa shape index (κ3) is 1.21. The van der Waals surface area contributed by atoms with Crippen molar-refractivity contribution >= 4 is 22.8 Å². The van der Waals surface area contributed by atoms with Crippen LogP contribution in [0.15, 0.2) is 24.3 Å². The summed E-state index contributed by atoms with van der Waals surface area (Å²) in [6.45, 7) is 0. The molecule has 0 radical (unpaired) electrons. The van der Waals surface area contributed by atoms with Crippen molar-refractivity contribution in [1.82, 2.24) is 0 Å². The summed E-state index contributed by atoms with van der Waals surface area (Å²) in [6.07, 6.45) is -0.926. The number of benzene rings is 1. The number of hydrogen-bond acceptors (Lipinski definition) is 3. The van der Waals surface area contributed by atoms with Gasteiger partial charge >= 0.3 is 5.97 Å². The van der Waals surface area contributed by atoms with Crippen LogP contribution >= 0.6 is 11.6 Å². The van der Waals surface area contributed by atoms with E-state index >= 15 is 0 Å². The van der Waals surface area contributed by atoms with E-state index in [1.54, 1.807) is 24.3 Å². The molecule has 1 aromatic rings. The van der Waals surface area contributed by atoms with Gasteiger partial charge in [-0.3, -0.25) is 4.79 Å². The Balaban J connectivity index is 2.53. The fraction of sp³-hybridized carbons (Fsp3) is 0.111. The predicted octanol–water partition coefficient (Wildman–Crippen LogP) is 1.66. The highest BCUT2D eigenvalue weighted by Gasteiger charge is 2.34. The summed E-state index contributed by atoms with van der Waals surface area (Å²) in [4.78, 5) is 22.0. The molecule has 0 fully saturated rings. The number of rotatable bonds is 1. The van der Waals surface area contributed by atoms with Crippen molar-refractivity contribution in [1.29, 1.82) is 0 Å². The average Bonchev–Trinajstić information content (AvgIpc) is 2.45. The zero-order valence-electron chi connectivity index (χ0n) is 6.49. The van der Waals surface area contributed by atoms with E-state index in [0.717, 1.165) is 0 Å². The zero-order chi connectivity index (χ0) is 9.42. The molecule has 1 heterocycles. The first-order valence-electron chi connectivity index (χ1n) is 3.69. The van der Waals surface area contributed by atoms with Crippen LogP contribution in [0.3, 0.4) is 0 Å². The van der Waals surface area contributed by atoms with E-state index in [4.69, 9.17) is 16.3 Å². The van der Waals surface area contributed by atoms with E-state index in [-0.39, 0.29) is 0 Å². The van der Waals surface area contributed by atoms with Crippen LogP contribution in [0.25, 0.3) is 0 Å². The molecule has 4 heteroatoms. The fourth-order valence-corrected chi connectivity index (χ4v) is 1.48. The number of halogens is 1. The van der Waals surface area contributed by atoms with E-state index < -0.39 is 17.3 Å². The van der Waals surface area contributed by atoms with Crippen molar-refractivity contribution in [3.05, 3.63) is 35.4 Å². The molecule has 0 saturated carbocycles. The molecular weight excluding hydrogens is 192 g/mol. The number of hydrogen-bond donors (Lipinski definition) is 0. The topological polar surface area (TPSA) is 43.4 Å². The normalized spacial score (nSPS) is 19.5. The number of cyclic esters (lactones) is 1. The number of carbonyl (C=O) groups excluding carboxylic acids is 2. The summed E-state index contributed by atoms with van der Waals surface area (Å²) in [5.74, 6) is -0.491. The standard InChI is InChI=1S/C9H5ClO3/c10-8(11)7-5-3-1-2-4-6(5)9(12)13-7/h1-4,7H/t7-/m0/s1. The largest absolute Gasteiger partial charge is 0.444 e. The molecule has 0 unspecified atom stereocenters. The zero-order valence-corrected chi connectivity index (χ0v) is 7.25. The van der Waals surface area contributed by atoms with Crippen molar-refractivity contribution in [2.75, 3.05) is 0 Å². The molecule has 1 aliphatic rings. The smallest absolute Gasteiger partial charge is 0.339 e. The van der Waals surface area contributed by atoms with Crippen LogP contribution in [0.1, 0.15) is 22.0 Å². The Bertz CT molecular complexity index is 386. The van der Waals surface area contributed by atoms with Crippen molar-refractivity contribution in [2.24, 2.45) is 0 Å². The molecule has 0 bridgehead atoms. The summed E-state index contributed by atoms with van der Waals surface area (Å²) >= 11 is 5.26. The Morgan fingerprint density at radius 1 is 1.38 bits per heavy atom. The Morgan fingerprint density at radius 3 is 2.77 bits per heavy atom. The van der Waals surface area contributed by atoms with E-state index in [9.17, 15) is 9.59 Å². The van der Waals surface area contributed by atoms with Crippen LogP contribution in [0.2, 0.25) is 0 Å². The van der Waals surface area contributed by atoms with Gasteiger partial charge in [0.25, 0.3) is 5.24 Å². The number of esters is 1. The summed E-state index contributed by atoms with van der Waals surface area (Å²) in [7, 11) is 0. The summed E-state index contributed by atoms with van der Waals surface area (Å²) < 4.78 is 4.77. The SMILES string of the molecule is O=C1O[C@H](C(=O)Cl)c2ccccc21. The molecule has 0 N–H and O–H groups in total. The Labute approximate surface area is 79.3 Å². The van der Waals surface area contributed by atoms with Gasteiger partial charge < -0.3 is 4.74 Å². The molecule has 0 aliphatic carbocycles. The summed E-state index contributed by atoms with van der Waals surface area (Å²) in [6, 6.07) is 6.71. The second-order valence-electron chi connectivity index (χ2n) is 2.68. The third-order valence-corrected chi connectivity index (χ3v) is 2.09. The van der Waals surface area contributed by atoms with E-state index in [1.165, 1.54) is 0 Å². The number of carbonyl (C=O) groups is 2. The van der Waals surface area contributed by atoms with Gasteiger partial charge in [-0.15, -0.1) is 0 Å². The molecule has 3 nitrogen and oxygen atoms in total. The summed E-state index contributed by atoms with van der Waals surface area (Å²) in [5.41, 5.74) is 0.967. The second kappa shape index (κ2) is 2.85. The van der Waals surface area contributed by atoms with Gasteiger partial charge in [0.05, 0.1) is 5.56 Å². The van der Waals surface area contributed by atoms with Crippen LogP contribution in [0.5, 0.6) is 0 Å². The summed E-state index contributed by atoms with van der Waals surface area (Å²) in [5, 5.41) is -0.668. The molecule has 0 amide bonds. The monoisotopic (exact) mass is 196 g/mol. The van der Waals surface area contributed by atoms with Gasteiger partial charge in [-0.05, 0) is 17.7 Å². The molecule has 1 aromatic carbocycles. The first-order valence-corrected chi connectivity index (χ1v) is 4.07. The first kappa shape index (κ1) is 8.26. The highest BCUT2D eigenvalue weighted by molar-refractivity contribution is 6.64. The van der Waals surface area contributed by atoms with E-state index in [0.29, 0.717) is 11.1 Å². The second-order valence-corrected chi connectivity index (χ2v) is 3.05. The van der Waals surface area contributed by atoms with Crippen molar-refractivity contribution in [3.63, 3.8) is 0 Å². The van der Waals surface area contributed by atoms with Crippen molar-refractivity contribution in [2.45, 2.75) is 6.10 Å². The molecular formula is C9H5ClO3. The van der Waals surface area contributed by atoms with Gasteiger partial charge in [0.1, 0.15) is 0 Å². The fourth-order valence-electron chi connectivity index (χ4n) is 1.31. The van der Waals surface area contributed by atoms with Gasteiger partial charge in [0.2, 0.25) is 6.10 Å². The molecule has 0 spiro atoms. The van der Waals surface area contributed by atoms with Crippen molar-refractivity contribution < 1.29 is 14.3 Å². The minimum atomic E-state index is -0.926. The van der Waals surface area contributed by atoms with Crippen LogP contribution in [-0.4, -0.2) is 11.2 Å². The highest BCUT2D eigenvalue weighted by atomic mass is 35.5. The molecule has 0 aromatic heterocycles. The lowest BCUT2D eigenvalue weighted by Crippen LogP contribution is -2.05. The van der Waals surface area contributed by atoms with Gasteiger partial charge in [-0.2, -0.15) is 0 Å². The Hall–Kier alpha value is -1.35. The minimum Gasteiger partial charge on any atom is -0.444 e. The van der Waals surface area contributed by atoms with Crippen LogP contribution < -0.4 is 0 Å². The molecule has 66 valence electrons. The van der Waals surface area contributed by atoms with Crippen LogP contribution in [0, 0.1) is 0 Å². The molecule has 13 heavy (non-hydrogen) atoms. The Morgan fingerprint density at radius 2 is 2.08 bits per heavy atom. The van der Waals surface area contributed by atoms with Gasteiger partial charge in [0, 0.05) is 5.56 Å². The third-order valence-electron chi connectivity index (χ3n) is 1.89. The van der Waals surface area contributed by atoms with Crippen LogP contribution in [0.4, 0.5) is 0 Å². The van der Waals surface area contributed by atoms with Crippen LogP contribution in [-0.2, 0) is 9.53 Å². The Kier molecular flexibility index (Phi) is 1.81. The maximum Gasteiger partial charge on any atom is 0.339 e. The molecule has 2 rings (SSSR count). The van der Waals surface area contributed by atoms with Gasteiger partial charge in [-0.25, -0.2) is 4.79 Å². The molecule has 0 saturated heterocycles. The maximum absolute atomic E-state index is 11.1. The van der Waals surface area contributed by atoms with Crippen molar-refractivity contribution in [3.8, 4) is 0 Å². The van der Waals surface area contributed by atoms with Gasteiger partial charge in [-0.1, -0.05) is 18.2 Å². The van der Waals surface area contributed by atoms with E-state index in [2.05, 4.69) is 0 Å². The molecule has 1 aliphatic heterocycles. The number of fused-ring (bicyclic) bond motifs is 1. The van der Waals surface area contributed by atoms with E-state index in [1.807, 2.05) is 0 Å². The molecule has 1 atom stereocenters.